The van der Waals surface area contributed by atoms with E-state index < -0.39 is 143 Å². The number of Topliss-reactive ketones (excluding diaryl/α,β-unsaturated/α-hetero) is 1. The maximum absolute atomic E-state index is 15.1. The molecule has 3 rings (SSSR count). The van der Waals surface area contributed by atoms with Gasteiger partial charge in [0.25, 0.3) is 0 Å². The molecule has 2 fully saturated rings. The van der Waals surface area contributed by atoms with Crippen molar-refractivity contribution < 1.29 is 81.0 Å². The molecule has 55 heavy (non-hydrogen) atoms. The third kappa shape index (κ3) is 9.35. The molecule has 306 valence electrons. The van der Waals surface area contributed by atoms with Crippen LogP contribution in [0, 0.1) is 23.2 Å². The van der Waals surface area contributed by atoms with Gasteiger partial charge in [-0.15, -0.1) is 0 Å². The van der Waals surface area contributed by atoms with Gasteiger partial charge in [0, 0.05) is 72.1 Å². The molecule has 0 bridgehead atoms. The summed E-state index contributed by atoms with van der Waals surface area (Å²) in [5.41, 5.74) is -8.38. The van der Waals surface area contributed by atoms with Crippen LogP contribution in [0.5, 0.6) is 0 Å². The van der Waals surface area contributed by atoms with Crippen LogP contribution >= 0.6 is 0 Å². The molecule has 10 atom stereocenters. The number of fused-ring (bicyclic) bond motifs is 3. The zero-order chi connectivity index (χ0) is 42.0. The van der Waals surface area contributed by atoms with E-state index in [0.29, 0.717) is 0 Å². The quantitative estimate of drug-likeness (QED) is 0.196. The molecule has 0 N–H and O–H groups in total. The van der Waals surface area contributed by atoms with Crippen LogP contribution in [-0.2, 0) is 81.0 Å². The number of rotatable bonds is 8. The van der Waals surface area contributed by atoms with E-state index in [1.807, 2.05) is 0 Å². The van der Waals surface area contributed by atoms with Crippen LogP contribution in [-0.4, -0.2) is 101 Å². The number of esters is 8. The molecule has 17 heteroatoms. The Labute approximate surface area is 319 Å². The summed E-state index contributed by atoms with van der Waals surface area (Å²) >= 11 is 0. The van der Waals surface area contributed by atoms with Gasteiger partial charge in [-0.1, -0.05) is 46.8 Å². The van der Waals surface area contributed by atoms with E-state index in [2.05, 4.69) is 0 Å². The average Bonchev–Trinajstić information content (AvgIpc) is 3.25. The number of hydrogen-bond donors (Lipinski definition) is 0. The second kappa shape index (κ2) is 16.5. The molecular formula is C38H52O17. The highest BCUT2D eigenvalue weighted by Gasteiger charge is 2.76. The Bertz CT molecular complexity index is 1630. The maximum atomic E-state index is 15.1. The third-order valence-corrected chi connectivity index (χ3v) is 9.96. The van der Waals surface area contributed by atoms with Gasteiger partial charge < -0.3 is 37.9 Å². The second-order valence-electron chi connectivity index (χ2n) is 15.5. The first kappa shape index (κ1) is 44.6. The van der Waals surface area contributed by atoms with Gasteiger partial charge in [0.15, 0.2) is 53.1 Å². The monoisotopic (exact) mass is 780 g/mol. The first-order valence-corrected chi connectivity index (χ1v) is 18.0. The van der Waals surface area contributed by atoms with Crippen molar-refractivity contribution in [3.63, 3.8) is 0 Å². The minimum atomic E-state index is -2.50. The van der Waals surface area contributed by atoms with Crippen LogP contribution in [0.1, 0.15) is 102 Å². The summed E-state index contributed by atoms with van der Waals surface area (Å²) in [7, 11) is 0. The van der Waals surface area contributed by atoms with Crippen molar-refractivity contribution in [2.45, 2.75) is 150 Å². The van der Waals surface area contributed by atoms with Crippen molar-refractivity contribution in [2.24, 2.45) is 23.2 Å². The largest absolute Gasteiger partial charge is 0.458 e. The van der Waals surface area contributed by atoms with Crippen LogP contribution in [0.4, 0.5) is 0 Å². The zero-order valence-corrected chi connectivity index (χ0v) is 33.3. The fourth-order valence-electron chi connectivity index (χ4n) is 8.05. The summed E-state index contributed by atoms with van der Waals surface area (Å²) in [6.45, 7) is 15.1. The smallest absolute Gasteiger partial charge is 0.308 e. The minimum absolute atomic E-state index is 0.523. The number of ether oxygens (including phenoxy) is 8. The number of hydrogen-bond acceptors (Lipinski definition) is 17. The zero-order valence-electron chi connectivity index (χ0n) is 33.3. The third-order valence-electron chi connectivity index (χ3n) is 9.96. The molecule has 0 aromatic heterocycles. The van der Waals surface area contributed by atoms with Crippen molar-refractivity contribution >= 4 is 53.5 Å². The van der Waals surface area contributed by atoms with Gasteiger partial charge >= 0.3 is 47.8 Å². The molecule has 3 aliphatic rings. The molecule has 2 aliphatic carbocycles. The first-order valence-electron chi connectivity index (χ1n) is 18.0. The number of carbonyl (C=O) groups is 9. The Kier molecular flexibility index (Phi) is 13.4. The Morgan fingerprint density at radius 1 is 0.709 bits per heavy atom. The lowest BCUT2D eigenvalue weighted by atomic mass is 9.66. The fourth-order valence-corrected chi connectivity index (χ4v) is 8.05. The second-order valence-corrected chi connectivity index (χ2v) is 15.5. The van der Waals surface area contributed by atoms with Crippen LogP contribution in [0.3, 0.4) is 0 Å². The molecule has 0 amide bonds. The standard InChI is InChI=1S/C38H52O17/c1-18(2)34(47)52-33-28(48-20(4)39)32(50-22(6)41)35(10,11)15-13-19(3)29(46)38(55-25(9)44)17-36(12,53-23(7)42)30(49-21(5)40)27(38)31-37(33,54-24(8)43)16-14-26(45)51-31/h13,15,18-19,27-28,30-33H,14,16-17H2,1-12H3/b15-13-/t19-,27+,28-,30+,31+,32+,33+,36+,37-,38+/m0/s1. The van der Waals surface area contributed by atoms with Crippen molar-refractivity contribution in [3.05, 3.63) is 12.2 Å². The summed E-state index contributed by atoms with van der Waals surface area (Å²) in [5, 5.41) is 0. The lowest BCUT2D eigenvalue weighted by molar-refractivity contribution is -0.272. The average molecular weight is 781 g/mol. The number of allylic oxidation sites excluding steroid dienone is 1. The molecular weight excluding hydrogens is 728 g/mol. The van der Waals surface area contributed by atoms with Gasteiger partial charge in [-0.2, -0.15) is 0 Å². The molecule has 1 saturated heterocycles. The molecule has 17 nitrogen and oxygen atoms in total. The molecule has 1 aliphatic heterocycles. The van der Waals surface area contributed by atoms with E-state index in [1.54, 1.807) is 13.8 Å². The van der Waals surface area contributed by atoms with Crippen molar-refractivity contribution in [1.29, 1.82) is 0 Å². The van der Waals surface area contributed by atoms with E-state index in [0.717, 1.165) is 41.5 Å². The molecule has 0 unspecified atom stereocenters. The van der Waals surface area contributed by atoms with Crippen LogP contribution in [0.15, 0.2) is 12.2 Å². The molecule has 1 saturated carbocycles. The van der Waals surface area contributed by atoms with E-state index in [1.165, 1.54) is 39.8 Å². The summed E-state index contributed by atoms with van der Waals surface area (Å²) in [6.07, 6.45) is -8.12. The maximum Gasteiger partial charge on any atom is 0.308 e. The highest BCUT2D eigenvalue weighted by molar-refractivity contribution is 5.94. The first-order chi connectivity index (χ1) is 25.2. The highest BCUT2D eigenvalue weighted by Crippen LogP contribution is 2.57. The Morgan fingerprint density at radius 2 is 1.24 bits per heavy atom. The predicted molar refractivity (Wildman–Crippen MR) is 185 cm³/mol. The van der Waals surface area contributed by atoms with E-state index in [-0.39, 0.29) is 0 Å². The predicted octanol–water partition coefficient (Wildman–Crippen LogP) is 2.80. The van der Waals surface area contributed by atoms with Crippen molar-refractivity contribution in [2.75, 3.05) is 0 Å². The van der Waals surface area contributed by atoms with Gasteiger partial charge in [-0.05, 0) is 6.92 Å². The highest BCUT2D eigenvalue weighted by atomic mass is 16.7. The normalized spacial score (nSPS) is 34.8. The van der Waals surface area contributed by atoms with Crippen LogP contribution in [0.2, 0.25) is 0 Å². The van der Waals surface area contributed by atoms with Crippen molar-refractivity contribution in [3.8, 4) is 0 Å². The fraction of sp³-hybridized carbons (Fsp3) is 0.711. The molecule has 1 heterocycles. The summed E-state index contributed by atoms with van der Waals surface area (Å²) in [4.78, 5) is 120. The SMILES string of the molecule is CC(=O)O[C@H]1[C@@H](OC(C)=O)C(C)(C)/C=C\[C@H](C)C(=O)[C@@]2(OC(C)=O)C[C@@](C)(OC(C)=O)[C@H](OC(C)=O)[C@@H]2[C@H]2OC(=O)CC[C@@]2(OC(C)=O)[C@@H]1OC(=O)C(C)C. The lowest BCUT2D eigenvalue weighted by Gasteiger charge is -2.53. The minimum Gasteiger partial charge on any atom is -0.458 e. The van der Waals surface area contributed by atoms with Gasteiger partial charge in [0.2, 0.25) is 0 Å². The van der Waals surface area contributed by atoms with E-state index in [9.17, 15) is 38.4 Å². The van der Waals surface area contributed by atoms with Crippen LogP contribution < -0.4 is 0 Å². The lowest BCUT2D eigenvalue weighted by Crippen LogP contribution is -2.72. The molecule has 0 aromatic carbocycles. The van der Waals surface area contributed by atoms with E-state index in [4.69, 9.17) is 37.9 Å². The van der Waals surface area contributed by atoms with Gasteiger partial charge in [0.05, 0.1) is 11.8 Å². The topological polar surface area (TPSA) is 227 Å². The van der Waals surface area contributed by atoms with Gasteiger partial charge in [0.1, 0.15) is 0 Å². The summed E-state index contributed by atoms with van der Waals surface area (Å²) in [6, 6.07) is 0. The Morgan fingerprint density at radius 3 is 1.73 bits per heavy atom. The number of carbonyl (C=O) groups excluding carboxylic acids is 9. The molecule has 0 radical (unpaired) electrons. The van der Waals surface area contributed by atoms with Crippen LogP contribution in [0.25, 0.3) is 0 Å². The summed E-state index contributed by atoms with van der Waals surface area (Å²) < 4.78 is 47.6. The van der Waals surface area contributed by atoms with Gasteiger partial charge in [-0.3, -0.25) is 43.2 Å². The molecule has 0 aromatic rings. The van der Waals surface area contributed by atoms with Crippen molar-refractivity contribution in [1.82, 2.24) is 0 Å². The van der Waals surface area contributed by atoms with Gasteiger partial charge in [-0.25, -0.2) is 0 Å². The number of ketones is 1. The molecule has 0 spiro atoms. The summed E-state index contributed by atoms with van der Waals surface area (Å²) in [5.74, 6) is -12.4. The Balaban J connectivity index is 2.75. The Hall–Kier alpha value is -4.83. The van der Waals surface area contributed by atoms with E-state index >= 15 is 4.79 Å².